The SMILES string of the molecule is CC1(C(=O)N[C@@H](C(=O)O)C(C)(C)C)CCNCC1. The van der Waals surface area contributed by atoms with E-state index >= 15 is 0 Å². The molecule has 5 heteroatoms. The highest BCUT2D eigenvalue weighted by Gasteiger charge is 2.39. The lowest BCUT2D eigenvalue weighted by Crippen LogP contribution is -2.54. The van der Waals surface area contributed by atoms with Crippen molar-refractivity contribution in [3.05, 3.63) is 0 Å². The third kappa shape index (κ3) is 3.45. The number of rotatable bonds is 3. The van der Waals surface area contributed by atoms with Gasteiger partial charge in [-0.2, -0.15) is 0 Å². The van der Waals surface area contributed by atoms with Crippen LogP contribution in [-0.4, -0.2) is 36.1 Å². The molecule has 104 valence electrons. The molecular weight excluding hydrogens is 232 g/mol. The molecule has 1 aliphatic rings. The summed E-state index contributed by atoms with van der Waals surface area (Å²) in [4.78, 5) is 23.5. The Bertz CT molecular complexity index is 328. The summed E-state index contributed by atoms with van der Waals surface area (Å²) >= 11 is 0. The quantitative estimate of drug-likeness (QED) is 0.703. The molecule has 1 atom stereocenters. The summed E-state index contributed by atoms with van der Waals surface area (Å²) in [5.74, 6) is -1.13. The van der Waals surface area contributed by atoms with Crippen LogP contribution in [0.15, 0.2) is 0 Å². The Kier molecular flexibility index (Phi) is 4.37. The zero-order chi connectivity index (χ0) is 14.0. The largest absolute Gasteiger partial charge is 0.480 e. The van der Waals surface area contributed by atoms with Gasteiger partial charge in [-0.3, -0.25) is 4.79 Å². The number of nitrogens with one attached hydrogen (secondary N) is 2. The van der Waals surface area contributed by atoms with E-state index in [0.29, 0.717) is 0 Å². The van der Waals surface area contributed by atoms with Gasteiger partial charge in [-0.15, -0.1) is 0 Å². The predicted molar refractivity (Wildman–Crippen MR) is 69.2 cm³/mol. The van der Waals surface area contributed by atoms with Crippen molar-refractivity contribution in [2.75, 3.05) is 13.1 Å². The van der Waals surface area contributed by atoms with Gasteiger partial charge in [-0.05, 0) is 31.3 Å². The molecule has 0 unspecified atom stereocenters. The Morgan fingerprint density at radius 2 is 1.78 bits per heavy atom. The first-order valence-corrected chi connectivity index (χ1v) is 6.41. The van der Waals surface area contributed by atoms with Crippen LogP contribution in [0.4, 0.5) is 0 Å². The van der Waals surface area contributed by atoms with Gasteiger partial charge in [0.25, 0.3) is 0 Å². The average Bonchev–Trinajstić information content (AvgIpc) is 2.24. The highest BCUT2D eigenvalue weighted by Crippen LogP contribution is 2.29. The van der Waals surface area contributed by atoms with Crippen molar-refractivity contribution in [3.8, 4) is 0 Å². The van der Waals surface area contributed by atoms with E-state index in [1.165, 1.54) is 0 Å². The third-order valence-corrected chi connectivity index (χ3v) is 3.64. The molecule has 1 amide bonds. The molecule has 1 heterocycles. The van der Waals surface area contributed by atoms with E-state index in [1.54, 1.807) is 0 Å². The van der Waals surface area contributed by atoms with Crippen LogP contribution in [0.3, 0.4) is 0 Å². The zero-order valence-corrected chi connectivity index (χ0v) is 11.7. The first-order chi connectivity index (χ1) is 8.17. The number of hydrogen-bond donors (Lipinski definition) is 3. The van der Waals surface area contributed by atoms with Gasteiger partial charge in [0.15, 0.2) is 0 Å². The molecule has 1 aliphatic heterocycles. The molecule has 0 aromatic carbocycles. The molecule has 0 aromatic rings. The lowest BCUT2D eigenvalue weighted by molar-refractivity contribution is -0.147. The van der Waals surface area contributed by atoms with Crippen LogP contribution < -0.4 is 10.6 Å². The van der Waals surface area contributed by atoms with E-state index in [2.05, 4.69) is 10.6 Å². The Balaban J connectivity index is 2.75. The van der Waals surface area contributed by atoms with Crippen LogP contribution in [0.1, 0.15) is 40.5 Å². The van der Waals surface area contributed by atoms with E-state index in [9.17, 15) is 14.7 Å². The van der Waals surface area contributed by atoms with Crippen LogP contribution in [0, 0.1) is 10.8 Å². The monoisotopic (exact) mass is 256 g/mol. The smallest absolute Gasteiger partial charge is 0.326 e. The third-order valence-electron chi connectivity index (χ3n) is 3.64. The van der Waals surface area contributed by atoms with Gasteiger partial charge in [0.2, 0.25) is 5.91 Å². The number of hydrogen-bond acceptors (Lipinski definition) is 3. The lowest BCUT2D eigenvalue weighted by Gasteiger charge is -2.36. The van der Waals surface area contributed by atoms with E-state index in [0.717, 1.165) is 25.9 Å². The molecular formula is C13H24N2O3. The highest BCUT2D eigenvalue weighted by molar-refractivity contribution is 5.87. The first-order valence-electron chi connectivity index (χ1n) is 6.41. The van der Waals surface area contributed by atoms with Crippen LogP contribution >= 0.6 is 0 Å². The van der Waals surface area contributed by atoms with Crippen molar-refractivity contribution in [2.24, 2.45) is 10.8 Å². The molecule has 1 saturated heterocycles. The lowest BCUT2D eigenvalue weighted by atomic mass is 9.79. The van der Waals surface area contributed by atoms with E-state index in [4.69, 9.17) is 0 Å². The Morgan fingerprint density at radius 1 is 1.28 bits per heavy atom. The van der Waals surface area contributed by atoms with Gasteiger partial charge in [0, 0.05) is 5.41 Å². The summed E-state index contributed by atoms with van der Waals surface area (Å²) in [6, 6.07) is -0.850. The van der Waals surface area contributed by atoms with E-state index < -0.39 is 22.8 Å². The fraction of sp³-hybridized carbons (Fsp3) is 0.846. The number of carboxylic acid groups (broad SMARTS) is 1. The molecule has 0 radical (unpaired) electrons. The van der Waals surface area contributed by atoms with Crippen LogP contribution in [0.5, 0.6) is 0 Å². The van der Waals surface area contributed by atoms with Crippen molar-refractivity contribution in [2.45, 2.75) is 46.6 Å². The number of carboxylic acids is 1. The molecule has 5 nitrogen and oxygen atoms in total. The van der Waals surface area contributed by atoms with Gasteiger partial charge in [0.1, 0.15) is 6.04 Å². The fourth-order valence-corrected chi connectivity index (χ4v) is 2.16. The summed E-state index contributed by atoms with van der Waals surface area (Å²) in [7, 11) is 0. The summed E-state index contributed by atoms with van der Waals surface area (Å²) in [5.41, 5.74) is -0.949. The van der Waals surface area contributed by atoms with Crippen LogP contribution in [0.25, 0.3) is 0 Å². The molecule has 0 aliphatic carbocycles. The number of amides is 1. The fourth-order valence-electron chi connectivity index (χ4n) is 2.16. The topological polar surface area (TPSA) is 78.4 Å². The summed E-state index contributed by atoms with van der Waals surface area (Å²) < 4.78 is 0. The highest BCUT2D eigenvalue weighted by atomic mass is 16.4. The minimum Gasteiger partial charge on any atom is -0.480 e. The summed E-state index contributed by atoms with van der Waals surface area (Å²) in [6.07, 6.45) is 1.49. The molecule has 0 spiro atoms. The number of piperidine rings is 1. The first kappa shape index (κ1) is 15.0. The second kappa shape index (κ2) is 5.26. The second-order valence-corrected chi connectivity index (χ2v) is 6.42. The maximum atomic E-state index is 12.3. The van der Waals surface area contributed by atoms with Crippen molar-refractivity contribution in [1.29, 1.82) is 0 Å². The molecule has 1 fully saturated rings. The normalized spacial score (nSPS) is 21.1. The van der Waals surface area contributed by atoms with E-state index in [1.807, 2.05) is 27.7 Å². The van der Waals surface area contributed by atoms with Gasteiger partial charge >= 0.3 is 5.97 Å². The number of carbonyl (C=O) groups is 2. The molecule has 0 saturated carbocycles. The number of aliphatic carboxylic acids is 1. The summed E-state index contributed by atoms with van der Waals surface area (Å²) in [6.45, 7) is 8.96. The Labute approximate surface area is 108 Å². The van der Waals surface area contributed by atoms with Crippen molar-refractivity contribution in [3.63, 3.8) is 0 Å². The minimum absolute atomic E-state index is 0.147. The standard InChI is InChI=1S/C13H24N2O3/c1-12(2,3)9(10(16)17)15-11(18)13(4)5-7-14-8-6-13/h9,14H,5-8H2,1-4H3,(H,15,18)(H,16,17)/t9-/m0/s1. The maximum absolute atomic E-state index is 12.3. The molecule has 0 bridgehead atoms. The minimum atomic E-state index is -0.978. The van der Waals surface area contributed by atoms with Crippen molar-refractivity contribution < 1.29 is 14.7 Å². The Morgan fingerprint density at radius 3 is 2.17 bits per heavy atom. The molecule has 18 heavy (non-hydrogen) atoms. The maximum Gasteiger partial charge on any atom is 0.326 e. The van der Waals surface area contributed by atoms with Gasteiger partial charge < -0.3 is 15.7 Å². The van der Waals surface area contributed by atoms with Gasteiger partial charge in [-0.25, -0.2) is 4.79 Å². The van der Waals surface area contributed by atoms with Crippen LogP contribution in [-0.2, 0) is 9.59 Å². The van der Waals surface area contributed by atoms with E-state index in [-0.39, 0.29) is 5.91 Å². The van der Waals surface area contributed by atoms with Crippen LogP contribution in [0.2, 0.25) is 0 Å². The number of carbonyl (C=O) groups excluding carboxylic acids is 1. The van der Waals surface area contributed by atoms with Crippen molar-refractivity contribution >= 4 is 11.9 Å². The average molecular weight is 256 g/mol. The summed E-state index contributed by atoms with van der Waals surface area (Å²) in [5, 5.41) is 15.1. The van der Waals surface area contributed by atoms with Gasteiger partial charge in [-0.1, -0.05) is 27.7 Å². The van der Waals surface area contributed by atoms with Gasteiger partial charge in [0.05, 0.1) is 0 Å². The molecule has 0 aromatic heterocycles. The predicted octanol–water partition coefficient (Wildman–Crippen LogP) is 0.992. The second-order valence-electron chi connectivity index (χ2n) is 6.42. The van der Waals surface area contributed by atoms with Crippen molar-refractivity contribution in [1.82, 2.24) is 10.6 Å². The Hall–Kier alpha value is -1.10. The molecule has 3 N–H and O–H groups in total. The molecule has 1 rings (SSSR count). The zero-order valence-electron chi connectivity index (χ0n) is 11.7.